The van der Waals surface area contributed by atoms with Crippen molar-refractivity contribution in [2.75, 3.05) is 13.1 Å². The van der Waals surface area contributed by atoms with Gasteiger partial charge in [0.15, 0.2) is 5.75 Å². The van der Waals surface area contributed by atoms with Gasteiger partial charge in [-0.25, -0.2) is 0 Å². The molecule has 0 radical (unpaired) electrons. The highest BCUT2D eigenvalue weighted by Crippen LogP contribution is 2.37. The molecule has 20 heavy (non-hydrogen) atoms. The molecule has 1 atom stereocenters. The minimum absolute atomic E-state index is 0.0395. The van der Waals surface area contributed by atoms with Crippen LogP contribution in [-0.4, -0.2) is 24.2 Å². The number of ether oxygens (including phenoxy) is 1. The second kappa shape index (κ2) is 7.20. The van der Waals surface area contributed by atoms with E-state index >= 15 is 0 Å². The molecule has 1 heterocycles. The third-order valence-electron chi connectivity index (χ3n) is 2.79. The Morgan fingerprint density at radius 2 is 2.25 bits per heavy atom. The second-order valence-corrected chi connectivity index (χ2v) is 6.15. The summed E-state index contributed by atoms with van der Waals surface area (Å²) >= 11 is 7.10. The molecule has 0 bridgehead atoms. The Balaban J connectivity index is 2.27. The Kier molecular flexibility index (Phi) is 5.57. The lowest BCUT2D eigenvalue weighted by Gasteiger charge is -2.18. The van der Waals surface area contributed by atoms with E-state index in [0.29, 0.717) is 0 Å². The van der Waals surface area contributed by atoms with Gasteiger partial charge in [0.2, 0.25) is 0 Å². The van der Waals surface area contributed by atoms with Crippen molar-refractivity contribution in [1.82, 2.24) is 10.3 Å². The predicted molar refractivity (Wildman–Crippen MR) is 90.3 cm³/mol. The summed E-state index contributed by atoms with van der Waals surface area (Å²) < 4.78 is 7.93. The van der Waals surface area contributed by atoms with Crippen molar-refractivity contribution in [3.05, 3.63) is 46.0 Å². The molecule has 1 aromatic carbocycles. The van der Waals surface area contributed by atoms with Crippen LogP contribution < -0.4 is 10.1 Å². The maximum absolute atomic E-state index is 6.03. The van der Waals surface area contributed by atoms with E-state index in [1.54, 1.807) is 6.20 Å². The highest BCUT2D eigenvalue weighted by atomic mass is 79.9. The monoisotopic (exact) mass is 398 g/mol. The number of hydrogen-bond donors (Lipinski definition) is 1. The minimum atomic E-state index is 0.0395. The predicted octanol–water partition coefficient (Wildman–Crippen LogP) is 4.30. The fourth-order valence-corrected chi connectivity index (χ4v) is 3.26. The maximum Gasteiger partial charge on any atom is 0.160 e. The van der Waals surface area contributed by atoms with Gasteiger partial charge in [-0.3, -0.25) is 4.98 Å². The summed E-state index contributed by atoms with van der Waals surface area (Å²) in [6, 6.07) is 5.93. The number of nitrogens with zero attached hydrogens (tertiary/aromatic N) is 1. The van der Waals surface area contributed by atoms with Gasteiger partial charge in [0, 0.05) is 29.1 Å². The second-order valence-electron chi connectivity index (χ2n) is 4.44. The lowest BCUT2D eigenvalue weighted by molar-refractivity contribution is 0.220. The van der Waals surface area contributed by atoms with E-state index in [1.165, 1.54) is 0 Å². The summed E-state index contributed by atoms with van der Waals surface area (Å²) in [5, 5.41) is 4.28. The highest BCUT2D eigenvalue weighted by Gasteiger charge is 2.14. The van der Waals surface area contributed by atoms with E-state index in [0.717, 1.165) is 38.7 Å². The molecule has 1 aromatic heterocycles. The molecule has 1 unspecified atom stereocenters. The van der Waals surface area contributed by atoms with Crippen molar-refractivity contribution in [2.24, 2.45) is 0 Å². The molecule has 0 aliphatic rings. The van der Waals surface area contributed by atoms with Crippen molar-refractivity contribution in [3.8, 4) is 5.75 Å². The maximum atomic E-state index is 6.03. The van der Waals surface area contributed by atoms with Crippen LogP contribution >= 0.6 is 31.9 Å². The van der Waals surface area contributed by atoms with Crippen LogP contribution in [0.2, 0.25) is 0 Å². The summed E-state index contributed by atoms with van der Waals surface area (Å²) in [6.07, 6.45) is 3.64. The van der Waals surface area contributed by atoms with Gasteiger partial charge in [0.1, 0.15) is 11.6 Å². The average Bonchev–Trinajstić information content (AvgIpc) is 2.44. The number of halogens is 2. The van der Waals surface area contributed by atoms with Gasteiger partial charge in [-0.15, -0.1) is 6.58 Å². The Hall–Kier alpha value is -0.910. The minimum Gasteiger partial charge on any atom is -0.486 e. The fraction of sp³-hybridized carbons (Fsp3) is 0.267. The molecule has 0 aliphatic heterocycles. The van der Waals surface area contributed by atoms with Crippen LogP contribution in [0.5, 0.6) is 5.75 Å². The lowest BCUT2D eigenvalue weighted by atomic mass is 10.2. The molecule has 2 aromatic rings. The van der Waals surface area contributed by atoms with Crippen LogP contribution in [0, 0.1) is 0 Å². The summed E-state index contributed by atoms with van der Waals surface area (Å²) in [5.41, 5.74) is 0.851. The van der Waals surface area contributed by atoms with Crippen molar-refractivity contribution in [2.45, 2.75) is 13.0 Å². The standard InChI is InChI=1S/C15H16Br2N2O/c1-3-6-18-9-10(2)20-15-13(17)8-12(16)11-5-4-7-19-14(11)15/h3-5,7-8,10,18H,1,6,9H2,2H3. The van der Waals surface area contributed by atoms with Crippen molar-refractivity contribution >= 4 is 42.8 Å². The summed E-state index contributed by atoms with van der Waals surface area (Å²) in [6.45, 7) is 7.23. The molecule has 0 amide bonds. The number of aromatic nitrogens is 1. The van der Waals surface area contributed by atoms with Crippen LogP contribution in [-0.2, 0) is 0 Å². The third-order valence-corrected chi connectivity index (χ3v) is 4.04. The van der Waals surface area contributed by atoms with Gasteiger partial charge in [-0.1, -0.05) is 28.1 Å². The first kappa shape index (κ1) is 15.5. The van der Waals surface area contributed by atoms with Gasteiger partial charge in [0.25, 0.3) is 0 Å². The van der Waals surface area contributed by atoms with Gasteiger partial charge >= 0.3 is 0 Å². The van der Waals surface area contributed by atoms with Gasteiger partial charge < -0.3 is 10.1 Å². The van der Waals surface area contributed by atoms with Crippen molar-refractivity contribution in [1.29, 1.82) is 0 Å². The zero-order valence-corrected chi connectivity index (χ0v) is 14.4. The Bertz CT molecular complexity index is 616. The molecule has 0 fully saturated rings. The zero-order chi connectivity index (χ0) is 14.5. The number of fused-ring (bicyclic) bond motifs is 1. The molecule has 5 heteroatoms. The van der Waals surface area contributed by atoms with E-state index in [4.69, 9.17) is 4.74 Å². The fourth-order valence-electron chi connectivity index (χ4n) is 1.89. The topological polar surface area (TPSA) is 34.1 Å². The first-order valence-corrected chi connectivity index (χ1v) is 7.93. The molecule has 0 aliphatic carbocycles. The number of benzene rings is 1. The van der Waals surface area contributed by atoms with Crippen LogP contribution in [0.25, 0.3) is 10.9 Å². The summed E-state index contributed by atoms with van der Waals surface area (Å²) in [4.78, 5) is 4.43. The van der Waals surface area contributed by atoms with Crippen LogP contribution in [0.15, 0.2) is 46.0 Å². The van der Waals surface area contributed by atoms with E-state index in [9.17, 15) is 0 Å². The first-order valence-electron chi connectivity index (χ1n) is 6.34. The van der Waals surface area contributed by atoms with Gasteiger partial charge in [-0.2, -0.15) is 0 Å². The molecule has 0 spiro atoms. The molecular weight excluding hydrogens is 384 g/mol. The SMILES string of the molecule is C=CCNCC(C)Oc1c(Br)cc(Br)c2cccnc12. The van der Waals surface area contributed by atoms with Gasteiger partial charge in [-0.05, 0) is 35.0 Å². The number of rotatable bonds is 6. The van der Waals surface area contributed by atoms with E-state index in [2.05, 4.69) is 48.7 Å². The Morgan fingerprint density at radius 3 is 3.00 bits per heavy atom. The number of pyridine rings is 1. The van der Waals surface area contributed by atoms with Crippen LogP contribution in [0.3, 0.4) is 0 Å². The quantitative estimate of drug-likeness (QED) is 0.580. The van der Waals surface area contributed by atoms with E-state index in [1.807, 2.05) is 31.2 Å². The van der Waals surface area contributed by atoms with E-state index < -0.39 is 0 Å². The lowest BCUT2D eigenvalue weighted by Crippen LogP contribution is -2.29. The molecule has 1 N–H and O–H groups in total. The normalized spacial score (nSPS) is 12.3. The van der Waals surface area contributed by atoms with E-state index in [-0.39, 0.29) is 6.10 Å². The molecule has 106 valence electrons. The molecule has 2 rings (SSSR count). The molecule has 0 saturated carbocycles. The summed E-state index contributed by atoms with van der Waals surface area (Å²) in [5.74, 6) is 0.775. The smallest absolute Gasteiger partial charge is 0.160 e. The van der Waals surface area contributed by atoms with Crippen LogP contribution in [0.4, 0.5) is 0 Å². The zero-order valence-electron chi connectivity index (χ0n) is 11.2. The Morgan fingerprint density at radius 1 is 1.45 bits per heavy atom. The molecular formula is C15H16Br2N2O. The average molecular weight is 400 g/mol. The number of hydrogen-bond acceptors (Lipinski definition) is 3. The first-order chi connectivity index (χ1) is 9.63. The molecule has 0 saturated heterocycles. The van der Waals surface area contributed by atoms with Crippen molar-refractivity contribution < 1.29 is 4.74 Å². The highest BCUT2D eigenvalue weighted by molar-refractivity contribution is 9.11. The summed E-state index contributed by atoms with van der Waals surface area (Å²) in [7, 11) is 0. The third kappa shape index (κ3) is 3.59. The van der Waals surface area contributed by atoms with Crippen LogP contribution in [0.1, 0.15) is 6.92 Å². The van der Waals surface area contributed by atoms with Gasteiger partial charge in [0.05, 0.1) is 4.47 Å². The largest absolute Gasteiger partial charge is 0.486 e. The van der Waals surface area contributed by atoms with Crippen molar-refractivity contribution in [3.63, 3.8) is 0 Å². The Labute approximate surface area is 135 Å². The molecule has 3 nitrogen and oxygen atoms in total. The number of nitrogens with one attached hydrogen (secondary N) is 1.